The summed E-state index contributed by atoms with van der Waals surface area (Å²) in [6, 6.07) is 6.91. The summed E-state index contributed by atoms with van der Waals surface area (Å²) in [5.74, 6) is -0.198. The first-order valence-electron chi connectivity index (χ1n) is 5.37. The Morgan fingerprint density at radius 2 is 1.94 bits per heavy atom. The zero-order chi connectivity index (χ0) is 13.5. The van der Waals surface area contributed by atoms with E-state index in [0.29, 0.717) is 11.4 Å². The topological polar surface area (TPSA) is 72.6 Å². The summed E-state index contributed by atoms with van der Waals surface area (Å²) < 4.78 is 5.03. The summed E-state index contributed by atoms with van der Waals surface area (Å²) >= 11 is 5.54. The SMILES string of the molecule is COc1ccc(N(CCC(N)=O)C(=O)CCl)cc1. The van der Waals surface area contributed by atoms with Crippen molar-refractivity contribution in [3.05, 3.63) is 24.3 Å². The Balaban J connectivity index is 2.86. The minimum atomic E-state index is -0.462. The monoisotopic (exact) mass is 270 g/mol. The van der Waals surface area contributed by atoms with Crippen LogP contribution >= 0.6 is 11.6 Å². The number of amides is 2. The molecule has 0 aliphatic carbocycles. The van der Waals surface area contributed by atoms with Crippen LogP contribution in [0.3, 0.4) is 0 Å². The number of halogens is 1. The average molecular weight is 271 g/mol. The maximum atomic E-state index is 11.7. The Morgan fingerprint density at radius 3 is 2.39 bits per heavy atom. The fourth-order valence-corrected chi connectivity index (χ4v) is 1.60. The van der Waals surface area contributed by atoms with Crippen LogP contribution in [0.15, 0.2) is 24.3 Å². The van der Waals surface area contributed by atoms with Crippen LogP contribution in [-0.4, -0.2) is 31.3 Å². The van der Waals surface area contributed by atoms with E-state index in [1.165, 1.54) is 4.90 Å². The molecule has 18 heavy (non-hydrogen) atoms. The number of benzene rings is 1. The van der Waals surface area contributed by atoms with Crippen molar-refractivity contribution in [1.82, 2.24) is 0 Å². The third-order valence-electron chi connectivity index (χ3n) is 2.38. The zero-order valence-electron chi connectivity index (χ0n) is 10.1. The van der Waals surface area contributed by atoms with Gasteiger partial charge in [-0.15, -0.1) is 11.6 Å². The summed E-state index contributed by atoms with van der Waals surface area (Å²) in [5, 5.41) is 0. The van der Waals surface area contributed by atoms with Crippen molar-refractivity contribution in [3.8, 4) is 5.75 Å². The summed E-state index contributed by atoms with van der Waals surface area (Å²) in [7, 11) is 1.56. The van der Waals surface area contributed by atoms with E-state index in [1.54, 1.807) is 31.4 Å². The van der Waals surface area contributed by atoms with Gasteiger partial charge in [0.05, 0.1) is 7.11 Å². The van der Waals surface area contributed by atoms with Gasteiger partial charge in [-0.05, 0) is 24.3 Å². The van der Waals surface area contributed by atoms with Gasteiger partial charge in [-0.2, -0.15) is 0 Å². The van der Waals surface area contributed by atoms with Crippen molar-refractivity contribution >= 4 is 29.1 Å². The van der Waals surface area contributed by atoms with Crippen LogP contribution in [0.1, 0.15) is 6.42 Å². The molecule has 1 aromatic carbocycles. The number of methoxy groups -OCH3 is 1. The molecule has 0 aliphatic heterocycles. The normalized spacial score (nSPS) is 9.89. The van der Waals surface area contributed by atoms with Crippen molar-refractivity contribution in [2.45, 2.75) is 6.42 Å². The van der Waals surface area contributed by atoms with E-state index in [4.69, 9.17) is 22.1 Å². The lowest BCUT2D eigenvalue weighted by atomic mass is 10.2. The molecule has 0 spiro atoms. The van der Waals surface area contributed by atoms with Gasteiger partial charge in [-0.3, -0.25) is 9.59 Å². The summed E-state index contributed by atoms with van der Waals surface area (Å²) in [6.45, 7) is 0.215. The summed E-state index contributed by atoms with van der Waals surface area (Å²) in [6.07, 6.45) is 0.0919. The minimum Gasteiger partial charge on any atom is -0.497 e. The second kappa shape index (κ2) is 6.86. The van der Waals surface area contributed by atoms with Crippen molar-refractivity contribution in [2.75, 3.05) is 24.4 Å². The van der Waals surface area contributed by atoms with Gasteiger partial charge in [0.1, 0.15) is 11.6 Å². The van der Waals surface area contributed by atoms with Gasteiger partial charge >= 0.3 is 0 Å². The van der Waals surface area contributed by atoms with Gasteiger partial charge < -0.3 is 15.4 Å². The number of primary amides is 1. The predicted molar refractivity (Wildman–Crippen MR) is 69.9 cm³/mol. The van der Waals surface area contributed by atoms with Gasteiger partial charge in [0.25, 0.3) is 0 Å². The molecule has 2 amide bonds. The highest BCUT2D eigenvalue weighted by Gasteiger charge is 2.15. The first kappa shape index (κ1) is 14.3. The molecular weight excluding hydrogens is 256 g/mol. The van der Waals surface area contributed by atoms with E-state index in [2.05, 4.69) is 0 Å². The van der Waals surface area contributed by atoms with Crippen molar-refractivity contribution in [1.29, 1.82) is 0 Å². The lowest BCUT2D eigenvalue weighted by Gasteiger charge is -2.21. The number of rotatable bonds is 6. The molecule has 0 aliphatic rings. The standard InChI is InChI=1S/C12H15ClN2O3/c1-18-10-4-2-9(3-5-10)15(12(17)8-13)7-6-11(14)16/h2-5H,6-8H2,1H3,(H2,14,16). The van der Waals surface area contributed by atoms with Crippen molar-refractivity contribution < 1.29 is 14.3 Å². The molecule has 5 nitrogen and oxygen atoms in total. The highest BCUT2D eigenvalue weighted by molar-refractivity contribution is 6.29. The zero-order valence-corrected chi connectivity index (χ0v) is 10.8. The second-order valence-corrected chi connectivity index (χ2v) is 3.86. The molecular formula is C12H15ClN2O3. The molecule has 1 rings (SSSR count). The summed E-state index contributed by atoms with van der Waals surface area (Å²) in [4.78, 5) is 23.9. The molecule has 0 bridgehead atoms. The lowest BCUT2D eigenvalue weighted by molar-refractivity contribution is -0.118. The number of ether oxygens (including phenoxy) is 1. The van der Waals surface area contributed by atoms with Crippen LogP contribution in [-0.2, 0) is 9.59 Å². The molecule has 1 aromatic rings. The van der Waals surface area contributed by atoms with Crippen LogP contribution in [0, 0.1) is 0 Å². The molecule has 0 heterocycles. The predicted octanol–water partition coefficient (Wildman–Crippen LogP) is 1.14. The van der Waals surface area contributed by atoms with E-state index in [9.17, 15) is 9.59 Å². The largest absolute Gasteiger partial charge is 0.497 e. The maximum Gasteiger partial charge on any atom is 0.241 e. The van der Waals surface area contributed by atoms with Crippen LogP contribution in [0.5, 0.6) is 5.75 Å². The van der Waals surface area contributed by atoms with E-state index < -0.39 is 5.91 Å². The fraction of sp³-hybridized carbons (Fsp3) is 0.333. The third kappa shape index (κ3) is 3.92. The highest BCUT2D eigenvalue weighted by Crippen LogP contribution is 2.19. The first-order chi connectivity index (χ1) is 8.58. The Hall–Kier alpha value is -1.75. The number of alkyl halides is 1. The Kier molecular flexibility index (Phi) is 5.45. The minimum absolute atomic E-state index is 0.0919. The number of hydrogen-bond donors (Lipinski definition) is 1. The maximum absolute atomic E-state index is 11.7. The fourth-order valence-electron chi connectivity index (χ4n) is 1.45. The number of nitrogens with two attached hydrogens (primary N) is 1. The molecule has 6 heteroatoms. The van der Waals surface area contributed by atoms with E-state index in [1.807, 2.05) is 0 Å². The number of carbonyl (C=O) groups excluding carboxylic acids is 2. The van der Waals surface area contributed by atoms with Gasteiger partial charge in [-0.1, -0.05) is 0 Å². The molecule has 2 N–H and O–H groups in total. The third-order valence-corrected chi connectivity index (χ3v) is 2.61. The number of hydrogen-bond acceptors (Lipinski definition) is 3. The van der Waals surface area contributed by atoms with Gasteiger partial charge in [-0.25, -0.2) is 0 Å². The van der Waals surface area contributed by atoms with E-state index >= 15 is 0 Å². The Labute approximate surface area is 110 Å². The van der Waals surface area contributed by atoms with Gasteiger partial charge in [0.15, 0.2) is 0 Å². The molecule has 0 atom stereocenters. The molecule has 98 valence electrons. The van der Waals surface area contributed by atoms with E-state index in [-0.39, 0.29) is 24.8 Å². The first-order valence-corrected chi connectivity index (χ1v) is 5.90. The molecule has 0 aromatic heterocycles. The van der Waals surface area contributed by atoms with Crippen LogP contribution in [0.25, 0.3) is 0 Å². The van der Waals surface area contributed by atoms with Crippen LogP contribution in [0.2, 0.25) is 0 Å². The molecule has 0 saturated heterocycles. The van der Waals surface area contributed by atoms with Crippen molar-refractivity contribution in [2.24, 2.45) is 5.73 Å². The average Bonchev–Trinajstić information content (AvgIpc) is 2.39. The number of anilines is 1. The Morgan fingerprint density at radius 1 is 1.33 bits per heavy atom. The molecule has 0 fully saturated rings. The van der Waals surface area contributed by atoms with Crippen LogP contribution < -0.4 is 15.4 Å². The smallest absolute Gasteiger partial charge is 0.241 e. The Bertz CT molecular complexity index is 420. The molecule has 0 unspecified atom stereocenters. The highest BCUT2D eigenvalue weighted by atomic mass is 35.5. The molecule has 0 radical (unpaired) electrons. The second-order valence-electron chi connectivity index (χ2n) is 3.59. The quantitative estimate of drug-likeness (QED) is 0.788. The van der Waals surface area contributed by atoms with E-state index in [0.717, 1.165) is 0 Å². The van der Waals surface area contributed by atoms with Crippen molar-refractivity contribution in [3.63, 3.8) is 0 Å². The molecule has 0 saturated carbocycles. The number of carbonyl (C=O) groups is 2. The number of nitrogens with zero attached hydrogens (tertiary/aromatic N) is 1. The summed E-state index contributed by atoms with van der Waals surface area (Å²) in [5.41, 5.74) is 5.73. The van der Waals surface area contributed by atoms with Gasteiger partial charge in [0, 0.05) is 18.7 Å². The van der Waals surface area contributed by atoms with Gasteiger partial charge in [0.2, 0.25) is 11.8 Å². The lowest BCUT2D eigenvalue weighted by Crippen LogP contribution is -2.34. The van der Waals surface area contributed by atoms with Crippen LogP contribution in [0.4, 0.5) is 5.69 Å².